The third kappa shape index (κ3) is 7.08. The molecule has 0 spiro atoms. The lowest BCUT2D eigenvalue weighted by Crippen LogP contribution is -2.32. The molecule has 0 radical (unpaired) electrons. The number of amides is 1. The Bertz CT molecular complexity index is 1260. The monoisotopic (exact) mass is 470 g/mol. The molecule has 174 valence electrons. The fraction of sp³-hybridized carbons (Fsp3) is 0.304. The number of aromatic nitrogens is 1. The smallest absolute Gasteiger partial charge is 0.412 e. The Morgan fingerprint density at radius 2 is 2.00 bits per heavy atom. The second-order valence-corrected chi connectivity index (χ2v) is 8.72. The molecule has 9 nitrogen and oxygen atoms in total. The van der Waals surface area contributed by atoms with Crippen molar-refractivity contribution in [3.05, 3.63) is 56.5 Å². The molecule has 1 amide bonds. The van der Waals surface area contributed by atoms with Gasteiger partial charge < -0.3 is 14.8 Å². The lowest BCUT2D eigenvalue weighted by molar-refractivity contribution is -0.135. The van der Waals surface area contributed by atoms with Gasteiger partial charge in [0.05, 0.1) is 0 Å². The predicted molar refractivity (Wildman–Crippen MR) is 128 cm³/mol. The van der Waals surface area contributed by atoms with Crippen LogP contribution in [0.25, 0.3) is 11.8 Å². The van der Waals surface area contributed by atoms with Crippen LogP contribution in [0.15, 0.2) is 41.7 Å². The van der Waals surface area contributed by atoms with E-state index in [0.29, 0.717) is 15.9 Å². The number of benzene rings is 1. The van der Waals surface area contributed by atoms with Gasteiger partial charge in [-0.25, -0.2) is 9.59 Å². The molecule has 1 heterocycles. The van der Waals surface area contributed by atoms with Gasteiger partial charge >= 0.3 is 12.1 Å². The zero-order chi connectivity index (χ0) is 24.6. The Labute approximate surface area is 195 Å². The molecule has 0 saturated carbocycles. The average molecular weight is 471 g/mol. The summed E-state index contributed by atoms with van der Waals surface area (Å²) in [4.78, 5) is 37.0. The lowest BCUT2D eigenvalue weighted by atomic mass is 10.2. The quantitative estimate of drug-likeness (QED) is 0.471. The van der Waals surface area contributed by atoms with Gasteiger partial charge in [-0.1, -0.05) is 18.7 Å². The first kappa shape index (κ1) is 25.4. The molecule has 2 rings (SSSR count). The highest BCUT2D eigenvalue weighted by atomic mass is 32.1. The third-order valence-corrected chi connectivity index (χ3v) is 5.09. The molecule has 10 heteroatoms. The Kier molecular flexibility index (Phi) is 8.59. The SMILES string of the molecule is C=CCOC(=O)C(C#N)=c1sc(=CNc2cccc(NC(=O)OC(C)(C)C)c2)c(=O)n1CC. The normalized spacial score (nSPS) is 12.4. The van der Waals surface area contributed by atoms with E-state index in [0.717, 1.165) is 11.3 Å². The highest BCUT2D eigenvalue weighted by molar-refractivity contribution is 7.07. The van der Waals surface area contributed by atoms with E-state index in [1.807, 2.05) is 6.07 Å². The van der Waals surface area contributed by atoms with Gasteiger partial charge in [0.25, 0.3) is 5.56 Å². The van der Waals surface area contributed by atoms with Gasteiger partial charge in [-0.15, -0.1) is 11.3 Å². The second-order valence-electron chi connectivity index (χ2n) is 7.69. The van der Waals surface area contributed by atoms with Gasteiger partial charge in [-0.2, -0.15) is 5.26 Å². The van der Waals surface area contributed by atoms with Gasteiger partial charge in [-0.05, 0) is 45.9 Å². The number of ether oxygens (including phenoxy) is 2. The number of esters is 1. The molecule has 2 N–H and O–H groups in total. The van der Waals surface area contributed by atoms with Crippen LogP contribution >= 0.6 is 11.3 Å². The van der Waals surface area contributed by atoms with Gasteiger partial charge in [-0.3, -0.25) is 14.7 Å². The van der Waals surface area contributed by atoms with Crippen molar-refractivity contribution in [2.24, 2.45) is 0 Å². The summed E-state index contributed by atoms with van der Waals surface area (Å²) in [6.45, 7) is 10.7. The van der Waals surface area contributed by atoms with Crippen LogP contribution in [0, 0.1) is 11.3 Å². The number of nitriles is 1. The van der Waals surface area contributed by atoms with E-state index in [9.17, 15) is 19.6 Å². The van der Waals surface area contributed by atoms with Crippen LogP contribution in [-0.4, -0.2) is 28.8 Å². The maximum Gasteiger partial charge on any atom is 0.412 e. The van der Waals surface area contributed by atoms with E-state index in [2.05, 4.69) is 17.2 Å². The van der Waals surface area contributed by atoms with E-state index >= 15 is 0 Å². The van der Waals surface area contributed by atoms with Crippen molar-refractivity contribution >= 4 is 46.5 Å². The molecule has 0 aliphatic carbocycles. The highest BCUT2D eigenvalue weighted by Crippen LogP contribution is 2.16. The summed E-state index contributed by atoms with van der Waals surface area (Å²) in [6.07, 6.45) is 2.29. The number of carbonyl (C=O) groups is 2. The molecular formula is C23H26N4O5S. The van der Waals surface area contributed by atoms with Crippen molar-refractivity contribution in [2.45, 2.75) is 39.8 Å². The third-order valence-electron chi connectivity index (χ3n) is 3.96. The van der Waals surface area contributed by atoms with Crippen LogP contribution in [0.5, 0.6) is 0 Å². The summed E-state index contributed by atoms with van der Waals surface area (Å²) < 4.78 is 12.0. The predicted octanol–water partition coefficient (Wildman–Crippen LogP) is 2.53. The summed E-state index contributed by atoms with van der Waals surface area (Å²) in [7, 11) is 0. The molecular weight excluding hydrogens is 444 g/mol. The number of hydrogen-bond acceptors (Lipinski definition) is 8. The Balaban J connectivity index is 2.36. The summed E-state index contributed by atoms with van der Waals surface area (Å²) in [5.41, 5.74) is -0.107. The summed E-state index contributed by atoms with van der Waals surface area (Å²) in [6, 6.07) is 8.68. The molecule has 0 aliphatic heterocycles. The summed E-state index contributed by atoms with van der Waals surface area (Å²) >= 11 is 1.00. The Morgan fingerprint density at radius 3 is 2.61 bits per heavy atom. The number of nitrogens with one attached hydrogen (secondary N) is 2. The van der Waals surface area contributed by atoms with Gasteiger partial charge in [0, 0.05) is 24.1 Å². The van der Waals surface area contributed by atoms with Crippen molar-refractivity contribution < 1.29 is 19.1 Å². The van der Waals surface area contributed by atoms with E-state index < -0.39 is 17.7 Å². The standard InChI is InChI=1S/C23H26N4O5S/c1-6-11-31-21(29)17(13-24)20-27(7-2)19(28)18(33-20)14-25-15-9-8-10-16(12-15)26-22(30)32-23(3,4)5/h6,8-10,12,14,25H,1,7,11H2,2-5H3,(H,26,30). The molecule has 0 atom stereocenters. The fourth-order valence-electron chi connectivity index (χ4n) is 2.64. The molecule has 2 aromatic rings. The van der Waals surface area contributed by atoms with Crippen LogP contribution in [0.1, 0.15) is 27.7 Å². The number of anilines is 2. The minimum Gasteiger partial charge on any atom is -0.457 e. The Morgan fingerprint density at radius 1 is 1.30 bits per heavy atom. The minimum absolute atomic E-state index is 0.0417. The van der Waals surface area contributed by atoms with Crippen molar-refractivity contribution in [3.63, 3.8) is 0 Å². The number of hydrogen-bond donors (Lipinski definition) is 2. The summed E-state index contributed by atoms with van der Waals surface area (Å²) in [5.74, 6) is -0.818. The number of nitrogens with zero attached hydrogens (tertiary/aromatic N) is 2. The molecule has 0 unspecified atom stereocenters. The Hall–Kier alpha value is -3.84. The van der Waals surface area contributed by atoms with Crippen molar-refractivity contribution in [2.75, 3.05) is 17.2 Å². The first-order valence-corrected chi connectivity index (χ1v) is 10.9. The van der Waals surface area contributed by atoms with Crippen molar-refractivity contribution in [1.29, 1.82) is 5.26 Å². The number of thiazole rings is 1. The number of carbonyl (C=O) groups excluding carboxylic acids is 2. The first-order valence-electron chi connectivity index (χ1n) is 10.1. The maximum absolute atomic E-state index is 12.8. The molecule has 0 bridgehead atoms. The molecule has 1 aromatic carbocycles. The highest BCUT2D eigenvalue weighted by Gasteiger charge is 2.17. The van der Waals surface area contributed by atoms with Crippen LogP contribution in [0.2, 0.25) is 0 Å². The lowest BCUT2D eigenvalue weighted by Gasteiger charge is -2.19. The molecule has 33 heavy (non-hydrogen) atoms. The zero-order valence-electron chi connectivity index (χ0n) is 18.9. The van der Waals surface area contributed by atoms with Crippen LogP contribution in [-0.2, 0) is 20.8 Å². The summed E-state index contributed by atoms with van der Waals surface area (Å²) in [5, 5.41) is 15.1. The van der Waals surface area contributed by atoms with Crippen molar-refractivity contribution in [3.8, 4) is 6.07 Å². The largest absolute Gasteiger partial charge is 0.457 e. The molecule has 0 aliphatic rings. The fourth-order valence-corrected chi connectivity index (χ4v) is 3.71. The number of rotatable bonds is 7. The van der Waals surface area contributed by atoms with Gasteiger partial charge in [0.1, 0.15) is 27.5 Å². The van der Waals surface area contributed by atoms with Gasteiger partial charge in [0.2, 0.25) is 0 Å². The van der Waals surface area contributed by atoms with E-state index in [1.165, 1.54) is 16.8 Å². The zero-order valence-corrected chi connectivity index (χ0v) is 19.7. The van der Waals surface area contributed by atoms with E-state index in [1.54, 1.807) is 52.0 Å². The van der Waals surface area contributed by atoms with Crippen LogP contribution in [0.4, 0.5) is 16.2 Å². The molecule has 0 fully saturated rings. The molecule has 0 saturated heterocycles. The second kappa shape index (κ2) is 11.2. The van der Waals surface area contributed by atoms with E-state index in [4.69, 9.17) is 9.47 Å². The van der Waals surface area contributed by atoms with Gasteiger partial charge in [0.15, 0.2) is 5.57 Å². The molecule has 1 aromatic heterocycles. The first-order chi connectivity index (χ1) is 15.6. The van der Waals surface area contributed by atoms with E-state index in [-0.39, 0.29) is 28.9 Å². The van der Waals surface area contributed by atoms with Crippen molar-refractivity contribution in [1.82, 2.24) is 4.57 Å². The average Bonchev–Trinajstić information content (AvgIpc) is 3.05. The topological polar surface area (TPSA) is 122 Å². The van der Waals surface area contributed by atoms with Crippen LogP contribution < -0.4 is 25.4 Å². The maximum atomic E-state index is 12.8. The van der Waals surface area contributed by atoms with Crippen LogP contribution in [0.3, 0.4) is 0 Å². The minimum atomic E-state index is -0.818.